The topological polar surface area (TPSA) is 72.4 Å². The molecule has 0 spiro atoms. The highest BCUT2D eigenvalue weighted by Gasteiger charge is 2.26. The smallest absolute Gasteiger partial charge is 0.274 e. The van der Waals surface area contributed by atoms with E-state index in [0.717, 1.165) is 25.2 Å². The van der Waals surface area contributed by atoms with Crippen molar-refractivity contribution in [3.63, 3.8) is 0 Å². The minimum absolute atomic E-state index is 0.195. The highest BCUT2D eigenvalue weighted by atomic mass is 16.6. The molecule has 2 N–H and O–H groups in total. The lowest BCUT2D eigenvalue weighted by Crippen LogP contribution is -2.42. The predicted octanol–water partition coefficient (Wildman–Crippen LogP) is 2.32. The van der Waals surface area contributed by atoms with Gasteiger partial charge < -0.3 is 10.6 Å². The molecule has 0 aliphatic carbocycles. The zero-order chi connectivity index (χ0) is 14.0. The van der Waals surface area contributed by atoms with E-state index >= 15 is 0 Å². The fourth-order valence-corrected chi connectivity index (χ4v) is 2.68. The molecule has 19 heavy (non-hydrogen) atoms. The van der Waals surface area contributed by atoms with Gasteiger partial charge in [-0.15, -0.1) is 0 Å². The summed E-state index contributed by atoms with van der Waals surface area (Å²) in [4.78, 5) is 12.9. The van der Waals surface area contributed by atoms with Crippen LogP contribution in [0.4, 0.5) is 11.4 Å². The van der Waals surface area contributed by atoms with Gasteiger partial charge in [0.1, 0.15) is 0 Å². The van der Waals surface area contributed by atoms with Gasteiger partial charge in [0.15, 0.2) is 0 Å². The molecule has 1 saturated heterocycles. The first-order valence-corrected chi connectivity index (χ1v) is 6.73. The summed E-state index contributed by atoms with van der Waals surface area (Å²) < 4.78 is 0. The van der Waals surface area contributed by atoms with E-state index < -0.39 is 0 Å². The highest BCUT2D eigenvalue weighted by Crippen LogP contribution is 2.30. The maximum Gasteiger partial charge on any atom is 0.274 e. The second-order valence-corrected chi connectivity index (χ2v) is 5.44. The summed E-state index contributed by atoms with van der Waals surface area (Å²) in [7, 11) is 0. The molecule has 0 radical (unpaired) electrons. The van der Waals surface area contributed by atoms with Crippen molar-refractivity contribution in [2.45, 2.75) is 20.3 Å². The highest BCUT2D eigenvalue weighted by molar-refractivity contribution is 5.56. The molecule has 0 bridgehead atoms. The molecular weight excluding hydrogens is 242 g/mol. The first-order valence-electron chi connectivity index (χ1n) is 6.73. The van der Waals surface area contributed by atoms with E-state index in [-0.39, 0.29) is 10.6 Å². The lowest BCUT2D eigenvalue weighted by atomic mass is 9.87. The van der Waals surface area contributed by atoms with Crippen molar-refractivity contribution in [2.75, 3.05) is 24.5 Å². The van der Waals surface area contributed by atoms with Gasteiger partial charge in [-0.05, 0) is 37.8 Å². The summed E-state index contributed by atoms with van der Waals surface area (Å²) in [5.74, 6) is 1.09. The van der Waals surface area contributed by atoms with E-state index in [9.17, 15) is 10.1 Å². The number of hydrogen-bond acceptors (Lipinski definition) is 4. The van der Waals surface area contributed by atoms with Crippen LogP contribution in [-0.4, -0.2) is 24.6 Å². The van der Waals surface area contributed by atoms with Crippen LogP contribution >= 0.6 is 0 Å². The fraction of sp³-hybridized carbons (Fsp3) is 0.571. The van der Waals surface area contributed by atoms with Gasteiger partial charge in [0.2, 0.25) is 0 Å². The average molecular weight is 263 g/mol. The van der Waals surface area contributed by atoms with E-state index in [0.29, 0.717) is 23.9 Å². The van der Waals surface area contributed by atoms with Gasteiger partial charge in [0.05, 0.1) is 4.92 Å². The third-order valence-electron chi connectivity index (χ3n) is 4.17. The van der Waals surface area contributed by atoms with Crippen molar-refractivity contribution in [3.8, 4) is 0 Å². The zero-order valence-corrected chi connectivity index (χ0v) is 11.5. The van der Waals surface area contributed by atoms with Gasteiger partial charge in [0.25, 0.3) is 5.69 Å². The second-order valence-electron chi connectivity index (χ2n) is 5.44. The monoisotopic (exact) mass is 263 g/mol. The number of nitrogens with two attached hydrogens (primary N) is 1. The standard InChI is InChI=1S/C14H21N3O2/c1-10-5-6-16(9-12(10)8-15)13-4-3-11(2)14(7-13)17(18)19/h3-4,7,10,12H,5-6,8-9,15H2,1-2H3. The molecule has 1 aliphatic rings. The van der Waals surface area contributed by atoms with Gasteiger partial charge in [-0.25, -0.2) is 0 Å². The summed E-state index contributed by atoms with van der Waals surface area (Å²) in [5, 5.41) is 11.0. The Morgan fingerprint density at radius 2 is 2.26 bits per heavy atom. The number of aryl methyl sites for hydroxylation is 1. The van der Waals surface area contributed by atoms with Crippen molar-refractivity contribution in [2.24, 2.45) is 17.6 Å². The Kier molecular flexibility index (Phi) is 4.04. The van der Waals surface area contributed by atoms with Gasteiger partial charge in [-0.1, -0.05) is 13.0 Å². The number of nitro groups is 1. The molecule has 0 aromatic heterocycles. The number of benzene rings is 1. The first-order chi connectivity index (χ1) is 9.02. The second kappa shape index (κ2) is 5.57. The molecule has 1 heterocycles. The van der Waals surface area contributed by atoms with Crippen molar-refractivity contribution < 1.29 is 4.92 Å². The van der Waals surface area contributed by atoms with Crippen LogP contribution in [-0.2, 0) is 0 Å². The van der Waals surface area contributed by atoms with Crippen LogP contribution < -0.4 is 10.6 Å². The zero-order valence-electron chi connectivity index (χ0n) is 11.5. The molecule has 104 valence electrons. The summed E-state index contributed by atoms with van der Waals surface area (Å²) in [5.41, 5.74) is 7.63. The lowest BCUT2D eigenvalue weighted by Gasteiger charge is -2.38. The molecule has 2 rings (SSSR count). The Bertz CT molecular complexity index is 476. The third-order valence-corrected chi connectivity index (χ3v) is 4.17. The van der Waals surface area contributed by atoms with Crippen LogP contribution in [0.25, 0.3) is 0 Å². The molecule has 1 aromatic rings. The molecular formula is C14H21N3O2. The van der Waals surface area contributed by atoms with E-state index in [1.807, 2.05) is 12.1 Å². The first kappa shape index (κ1) is 13.8. The summed E-state index contributed by atoms with van der Waals surface area (Å²) in [6, 6.07) is 5.47. The number of piperidine rings is 1. The van der Waals surface area contributed by atoms with Crippen molar-refractivity contribution in [1.82, 2.24) is 0 Å². The fourth-order valence-electron chi connectivity index (χ4n) is 2.68. The molecule has 2 atom stereocenters. The SMILES string of the molecule is Cc1ccc(N2CCC(C)C(CN)C2)cc1[N+](=O)[O-]. The number of rotatable bonds is 3. The molecule has 1 fully saturated rings. The average Bonchev–Trinajstić information content (AvgIpc) is 2.39. The number of nitro benzene ring substituents is 1. The summed E-state index contributed by atoms with van der Waals surface area (Å²) in [6.45, 7) is 6.50. The minimum Gasteiger partial charge on any atom is -0.371 e. The van der Waals surface area contributed by atoms with Crippen LogP contribution in [0.5, 0.6) is 0 Å². The van der Waals surface area contributed by atoms with E-state index in [2.05, 4.69) is 11.8 Å². The van der Waals surface area contributed by atoms with Crippen molar-refractivity contribution in [3.05, 3.63) is 33.9 Å². The molecule has 5 heteroatoms. The molecule has 2 unspecified atom stereocenters. The summed E-state index contributed by atoms with van der Waals surface area (Å²) >= 11 is 0. The van der Waals surface area contributed by atoms with Gasteiger partial charge >= 0.3 is 0 Å². The Labute approximate surface area is 113 Å². The third kappa shape index (κ3) is 2.87. The quantitative estimate of drug-likeness (QED) is 0.671. The van der Waals surface area contributed by atoms with E-state index in [1.54, 1.807) is 13.0 Å². The van der Waals surface area contributed by atoms with Crippen molar-refractivity contribution >= 4 is 11.4 Å². The molecule has 0 saturated carbocycles. The minimum atomic E-state index is -0.314. The summed E-state index contributed by atoms with van der Waals surface area (Å²) in [6.07, 6.45) is 1.09. The Morgan fingerprint density at radius 1 is 1.53 bits per heavy atom. The van der Waals surface area contributed by atoms with Crippen LogP contribution in [0, 0.1) is 28.9 Å². The van der Waals surface area contributed by atoms with E-state index in [4.69, 9.17) is 5.73 Å². The Morgan fingerprint density at radius 3 is 2.89 bits per heavy atom. The molecule has 1 aromatic carbocycles. The number of hydrogen-bond donors (Lipinski definition) is 1. The van der Waals surface area contributed by atoms with Crippen LogP contribution in [0.2, 0.25) is 0 Å². The molecule has 1 aliphatic heterocycles. The van der Waals surface area contributed by atoms with Gasteiger partial charge in [-0.2, -0.15) is 0 Å². The number of anilines is 1. The van der Waals surface area contributed by atoms with Crippen LogP contribution in [0.1, 0.15) is 18.9 Å². The predicted molar refractivity (Wildman–Crippen MR) is 76.4 cm³/mol. The lowest BCUT2D eigenvalue weighted by molar-refractivity contribution is -0.385. The Hall–Kier alpha value is -1.62. The largest absolute Gasteiger partial charge is 0.371 e. The van der Waals surface area contributed by atoms with E-state index in [1.165, 1.54) is 0 Å². The maximum absolute atomic E-state index is 11.0. The van der Waals surface area contributed by atoms with Gasteiger partial charge in [0, 0.05) is 30.4 Å². The molecule has 0 amide bonds. The Balaban J connectivity index is 2.22. The van der Waals surface area contributed by atoms with Crippen molar-refractivity contribution in [1.29, 1.82) is 0 Å². The van der Waals surface area contributed by atoms with Crippen LogP contribution in [0.15, 0.2) is 18.2 Å². The van der Waals surface area contributed by atoms with Crippen LogP contribution in [0.3, 0.4) is 0 Å². The molecule has 5 nitrogen and oxygen atoms in total. The normalized spacial score (nSPS) is 23.4. The number of nitrogens with zero attached hydrogens (tertiary/aromatic N) is 2. The maximum atomic E-state index is 11.0. The van der Waals surface area contributed by atoms with Gasteiger partial charge in [-0.3, -0.25) is 10.1 Å².